The van der Waals surface area contributed by atoms with E-state index in [1.165, 1.54) is 0 Å². The van der Waals surface area contributed by atoms with Gasteiger partial charge >= 0.3 is 5.63 Å². The zero-order valence-corrected chi connectivity index (χ0v) is 20.8. The van der Waals surface area contributed by atoms with Gasteiger partial charge in [-0.05, 0) is 73.3 Å². The van der Waals surface area contributed by atoms with E-state index >= 15 is 0 Å². The average molecular weight is 487 g/mol. The number of hydrogen-bond donors (Lipinski definition) is 1. The summed E-state index contributed by atoms with van der Waals surface area (Å²) in [5.74, 6) is 1.24. The molecule has 1 atom stereocenters. The van der Waals surface area contributed by atoms with Gasteiger partial charge in [0.2, 0.25) is 0 Å². The Labute approximate surface area is 209 Å². The molecule has 0 amide bonds. The highest BCUT2D eigenvalue weighted by Crippen LogP contribution is 2.38. The van der Waals surface area contributed by atoms with Crippen LogP contribution in [0.2, 0.25) is 0 Å². The van der Waals surface area contributed by atoms with Gasteiger partial charge in [-0.3, -0.25) is 9.88 Å². The van der Waals surface area contributed by atoms with Crippen LogP contribution < -0.4 is 15.1 Å². The van der Waals surface area contributed by atoms with Crippen LogP contribution in [0.4, 0.5) is 0 Å². The number of hydrogen-bond acceptors (Lipinski definition) is 7. The summed E-state index contributed by atoms with van der Waals surface area (Å²) < 4.78 is 16.7. The van der Waals surface area contributed by atoms with Crippen molar-refractivity contribution in [1.29, 1.82) is 0 Å². The maximum absolute atomic E-state index is 13.3. The summed E-state index contributed by atoms with van der Waals surface area (Å²) in [6.07, 6.45) is 6.92. The Balaban J connectivity index is 1.59. The van der Waals surface area contributed by atoms with Crippen LogP contribution in [-0.4, -0.2) is 35.8 Å². The fourth-order valence-electron chi connectivity index (χ4n) is 5.27. The molecule has 186 valence electrons. The maximum Gasteiger partial charge on any atom is 0.344 e. The number of phenolic OH excluding ortho intramolecular Hbond substituents is 1. The zero-order chi connectivity index (χ0) is 25.2. The summed E-state index contributed by atoms with van der Waals surface area (Å²) >= 11 is 0. The second-order valence-corrected chi connectivity index (χ2v) is 9.17. The lowest BCUT2D eigenvalue weighted by molar-refractivity contribution is 0.139. The normalized spacial score (nSPS) is 16.2. The predicted molar refractivity (Wildman–Crippen MR) is 139 cm³/mol. The van der Waals surface area contributed by atoms with Gasteiger partial charge in [-0.1, -0.05) is 18.6 Å². The lowest BCUT2D eigenvalue weighted by Crippen LogP contribution is -2.33. The van der Waals surface area contributed by atoms with E-state index in [-0.39, 0.29) is 11.8 Å². The number of phenols is 1. The van der Waals surface area contributed by atoms with Crippen LogP contribution in [0.15, 0.2) is 64.1 Å². The molecular weight excluding hydrogens is 456 g/mol. The number of fused-ring (bicyclic) bond motifs is 1. The molecule has 36 heavy (non-hydrogen) atoms. The molecule has 2 aromatic heterocycles. The van der Waals surface area contributed by atoms with Crippen molar-refractivity contribution in [2.75, 3.05) is 20.8 Å². The Kier molecular flexibility index (Phi) is 6.65. The van der Waals surface area contributed by atoms with Gasteiger partial charge in [-0.25, -0.2) is 4.79 Å². The standard InChI is InChI=1S/C29H30N2O5/c1-18-21-10-11-24(32)22(17-31-14-5-4-8-23(31)20-7-6-13-30-16-20)28(21)36-29(33)27(18)19-9-12-25(34-2)26(15-19)35-3/h6-7,9-13,15-16,23,32H,4-5,8,14,17H2,1-3H3/t23-/m0/s1. The Morgan fingerprint density at radius 2 is 1.94 bits per heavy atom. The molecule has 7 nitrogen and oxygen atoms in total. The summed E-state index contributed by atoms with van der Waals surface area (Å²) in [7, 11) is 3.13. The number of piperidine rings is 1. The van der Waals surface area contributed by atoms with Crippen LogP contribution in [0.3, 0.4) is 0 Å². The predicted octanol–water partition coefficient (Wildman–Crippen LogP) is 5.61. The van der Waals surface area contributed by atoms with Crippen molar-refractivity contribution in [2.45, 2.75) is 38.8 Å². The number of aromatic nitrogens is 1. The fourth-order valence-corrected chi connectivity index (χ4v) is 5.27. The van der Waals surface area contributed by atoms with Crippen molar-refractivity contribution in [3.8, 4) is 28.4 Å². The lowest BCUT2D eigenvalue weighted by Gasteiger charge is -2.36. The Hall–Kier alpha value is -3.84. The van der Waals surface area contributed by atoms with Crippen molar-refractivity contribution >= 4 is 11.0 Å². The Morgan fingerprint density at radius 1 is 1.11 bits per heavy atom. The van der Waals surface area contributed by atoms with E-state index < -0.39 is 5.63 Å². The molecule has 1 saturated heterocycles. The van der Waals surface area contributed by atoms with E-state index in [1.54, 1.807) is 38.6 Å². The molecule has 1 aliphatic heterocycles. The first-order chi connectivity index (χ1) is 17.5. The number of methoxy groups -OCH3 is 2. The smallest absolute Gasteiger partial charge is 0.344 e. The molecule has 0 radical (unpaired) electrons. The van der Waals surface area contributed by atoms with E-state index in [0.717, 1.165) is 42.3 Å². The third kappa shape index (κ3) is 4.31. The molecule has 0 bridgehead atoms. The van der Waals surface area contributed by atoms with Gasteiger partial charge in [-0.15, -0.1) is 0 Å². The number of rotatable bonds is 6. The van der Waals surface area contributed by atoms with E-state index in [9.17, 15) is 9.90 Å². The first-order valence-corrected chi connectivity index (χ1v) is 12.2. The quantitative estimate of drug-likeness (QED) is 0.354. The van der Waals surface area contributed by atoms with E-state index in [4.69, 9.17) is 13.9 Å². The first kappa shape index (κ1) is 23.9. The monoisotopic (exact) mass is 486 g/mol. The molecule has 4 aromatic rings. The molecule has 1 aliphatic rings. The summed E-state index contributed by atoms with van der Waals surface area (Å²) in [6, 6.07) is 13.1. The summed E-state index contributed by atoms with van der Waals surface area (Å²) in [6.45, 7) is 3.27. The molecule has 3 heterocycles. The van der Waals surface area contributed by atoms with Crippen molar-refractivity contribution < 1.29 is 19.0 Å². The third-order valence-corrected chi connectivity index (χ3v) is 7.13. The summed E-state index contributed by atoms with van der Waals surface area (Å²) in [4.78, 5) is 19.9. The van der Waals surface area contributed by atoms with Crippen molar-refractivity contribution in [2.24, 2.45) is 0 Å². The summed E-state index contributed by atoms with van der Waals surface area (Å²) in [5.41, 5.74) is 3.69. The Bertz CT molecular complexity index is 1450. The van der Waals surface area contributed by atoms with Gasteiger partial charge in [0.05, 0.1) is 25.3 Å². The minimum atomic E-state index is -0.457. The number of ether oxygens (including phenoxy) is 2. The zero-order valence-electron chi connectivity index (χ0n) is 20.8. The van der Waals surface area contributed by atoms with E-state index in [0.29, 0.717) is 40.3 Å². The largest absolute Gasteiger partial charge is 0.507 e. The van der Waals surface area contributed by atoms with Gasteiger partial charge < -0.3 is 19.0 Å². The maximum atomic E-state index is 13.3. The van der Waals surface area contributed by atoms with Crippen LogP contribution in [0.25, 0.3) is 22.1 Å². The second-order valence-electron chi connectivity index (χ2n) is 9.17. The minimum absolute atomic E-state index is 0.124. The van der Waals surface area contributed by atoms with Crippen LogP contribution in [0.1, 0.15) is 42.0 Å². The number of aromatic hydroxyl groups is 1. The topological polar surface area (TPSA) is 85.0 Å². The molecule has 7 heteroatoms. The molecule has 0 saturated carbocycles. The van der Waals surface area contributed by atoms with Crippen molar-refractivity contribution in [3.05, 3.63) is 82.0 Å². The Morgan fingerprint density at radius 3 is 2.69 bits per heavy atom. The highest BCUT2D eigenvalue weighted by atomic mass is 16.5. The SMILES string of the molecule is COc1ccc(-c2c(C)c3ccc(O)c(CN4CCCC[C@H]4c4cccnc4)c3oc2=O)cc1OC. The van der Waals surface area contributed by atoms with Crippen LogP contribution in [0.5, 0.6) is 17.2 Å². The van der Waals surface area contributed by atoms with Crippen LogP contribution >= 0.6 is 0 Å². The van der Waals surface area contributed by atoms with Gasteiger partial charge in [0.15, 0.2) is 11.5 Å². The van der Waals surface area contributed by atoms with Gasteiger partial charge in [0.1, 0.15) is 11.3 Å². The molecule has 0 unspecified atom stereocenters. The fraction of sp³-hybridized carbons (Fsp3) is 0.310. The number of benzene rings is 2. The van der Waals surface area contributed by atoms with Crippen LogP contribution in [0, 0.1) is 6.92 Å². The highest BCUT2D eigenvalue weighted by Gasteiger charge is 2.27. The molecule has 0 aliphatic carbocycles. The van der Waals surface area contributed by atoms with E-state index in [1.807, 2.05) is 31.3 Å². The number of pyridine rings is 1. The molecular formula is C29H30N2O5. The number of likely N-dealkylation sites (tertiary alicyclic amines) is 1. The lowest BCUT2D eigenvalue weighted by atomic mass is 9.94. The molecule has 5 rings (SSSR count). The average Bonchev–Trinajstić information content (AvgIpc) is 2.91. The third-order valence-electron chi connectivity index (χ3n) is 7.13. The van der Waals surface area contributed by atoms with E-state index in [2.05, 4.69) is 16.0 Å². The van der Waals surface area contributed by atoms with Gasteiger partial charge in [-0.2, -0.15) is 0 Å². The van der Waals surface area contributed by atoms with Crippen LogP contribution in [-0.2, 0) is 6.54 Å². The molecule has 0 spiro atoms. The second kappa shape index (κ2) is 10.0. The van der Waals surface area contributed by atoms with Crippen molar-refractivity contribution in [3.63, 3.8) is 0 Å². The number of aryl methyl sites for hydroxylation is 1. The van der Waals surface area contributed by atoms with Gasteiger partial charge in [0.25, 0.3) is 0 Å². The number of nitrogens with zero attached hydrogens (tertiary/aromatic N) is 2. The summed E-state index contributed by atoms with van der Waals surface area (Å²) in [5, 5.41) is 11.7. The molecule has 1 N–H and O–H groups in total. The highest BCUT2D eigenvalue weighted by molar-refractivity contribution is 5.90. The van der Waals surface area contributed by atoms with Gasteiger partial charge in [0, 0.05) is 30.4 Å². The minimum Gasteiger partial charge on any atom is -0.507 e. The van der Waals surface area contributed by atoms with Crippen molar-refractivity contribution in [1.82, 2.24) is 9.88 Å². The molecule has 1 fully saturated rings. The first-order valence-electron chi connectivity index (χ1n) is 12.2. The molecule has 2 aromatic carbocycles.